The van der Waals surface area contributed by atoms with Crippen molar-refractivity contribution in [1.82, 2.24) is 10.6 Å². The molecule has 2 amide bonds. The zero-order valence-electron chi connectivity index (χ0n) is 13.3. The Morgan fingerprint density at radius 2 is 1.70 bits per heavy atom. The molecule has 0 heterocycles. The van der Waals surface area contributed by atoms with Crippen LogP contribution in [-0.4, -0.2) is 35.0 Å². The third kappa shape index (κ3) is 6.55. The maximum Gasteiger partial charge on any atom is 0.326 e. The van der Waals surface area contributed by atoms with Crippen LogP contribution < -0.4 is 10.6 Å². The lowest BCUT2D eigenvalue weighted by molar-refractivity contribution is -0.142. The monoisotopic (exact) mass is 432 g/mol. The van der Waals surface area contributed by atoms with Crippen LogP contribution in [0, 0.1) is 9.49 Å². The molecular weight excluding hydrogens is 411 g/mol. The molecule has 0 radical (unpaired) electrons. The van der Waals surface area contributed by atoms with Gasteiger partial charge >= 0.3 is 5.97 Å². The van der Waals surface area contributed by atoms with Gasteiger partial charge in [-0.25, -0.2) is 4.79 Å². The molecule has 0 fully saturated rings. The summed E-state index contributed by atoms with van der Waals surface area (Å²) in [6.45, 7) is 4.90. The smallest absolute Gasteiger partial charge is 0.326 e. The van der Waals surface area contributed by atoms with E-state index in [1.54, 1.807) is 13.8 Å². The molecule has 0 saturated carbocycles. The Hall–Kier alpha value is -1.64. The Balaban J connectivity index is 2.81. The molecule has 3 N–H and O–H groups in total. The van der Waals surface area contributed by atoms with Crippen molar-refractivity contribution in [2.24, 2.45) is 5.92 Å². The van der Waals surface area contributed by atoms with Crippen molar-refractivity contribution in [3.8, 4) is 0 Å². The summed E-state index contributed by atoms with van der Waals surface area (Å²) in [4.78, 5) is 34.9. The highest BCUT2D eigenvalue weighted by Gasteiger charge is 2.28. The Labute approximate surface area is 149 Å². The van der Waals surface area contributed by atoms with Gasteiger partial charge in [-0.1, -0.05) is 26.0 Å². The summed E-state index contributed by atoms with van der Waals surface area (Å²) in [5, 5.41) is 14.4. The third-order valence-electron chi connectivity index (χ3n) is 3.28. The third-order valence-corrected chi connectivity index (χ3v) is 3.99. The van der Waals surface area contributed by atoms with E-state index >= 15 is 0 Å². The molecule has 0 aliphatic heterocycles. The molecule has 0 saturated heterocycles. The van der Waals surface area contributed by atoms with E-state index < -0.39 is 24.0 Å². The van der Waals surface area contributed by atoms with Gasteiger partial charge in [0.05, 0.1) is 0 Å². The van der Waals surface area contributed by atoms with Gasteiger partial charge in [0.2, 0.25) is 11.8 Å². The van der Waals surface area contributed by atoms with Crippen LogP contribution in [0.3, 0.4) is 0 Å². The van der Waals surface area contributed by atoms with Gasteiger partial charge < -0.3 is 15.7 Å². The van der Waals surface area contributed by atoms with Crippen LogP contribution in [-0.2, 0) is 20.8 Å². The fourth-order valence-electron chi connectivity index (χ4n) is 2.07. The molecular formula is C16H21IN2O4. The summed E-state index contributed by atoms with van der Waals surface area (Å²) in [5.74, 6) is -2.08. The van der Waals surface area contributed by atoms with E-state index in [-0.39, 0.29) is 18.2 Å². The summed E-state index contributed by atoms with van der Waals surface area (Å²) >= 11 is 2.16. The van der Waals surface area contributed by atoms with E-state index in [9.17, 15) is 19.5 Å². The maximum atomic E-state index is 12.3. The molecule has 0 spiro atoms. The number of rotatable bonds is 7. The van der Waals surface area contributed by atoms with E-state index in [4.69, 9.17) is 0 Å². The second-order valence-corrected chi connectivity index (χ2v) is 6.90. The molecule has 1 rings (SSSR count). The number of carboxylic acids is 1. The number of nitrogens with one attached hydrogen (secondary N) is 2. The van der Waals surface area contributed by atoms with Gasteiger partial charge in [0, 0.05) is 16.9 Å². The van der Waals surface area contributed by atoms with Crippen LogP contribution in [0.2, 0.25) is 0 Å². The number of carbonyl (C=O) groups excluding carboxylic acids is 2. The van der Waals surface area contributed by atoms with Gasteiger partial charge in [-0.05, 0) is 46.2 Å². The molecule has 0 aromatic heterocycles. The van der Waals surface area contributed by atoms with Crippen molar-refractivity contribution >= 4 is 40.4 Å². The Morgan fingerprint density at radius 1 is 1.13 bits per heavy atom. The molecule has 23 heavy (non-hydrogen) atoms. The van der Waals surface area contributed by atoms with Crippen molar-refractivity contribution < 1.29 is 19.5 Å². The van der Waals surface area contributed by atoms with E-state index in [1.165, 1.54) is 6.92 Å². The van der Waals surface area contributed by atoms with Gasteiger partial charge in [0.15, 0.2) is 0 Å². The minimum absolute atomic E-state index is 0.147. The predicted molar refractivity (Wildman–Crippen MR) is 94.9 cm³/mol. The molecule has 7 heteroatoms. The second kappa shape index (κ2) is 8.85. The molecule has 0 unspecified atom stereocenters. The van der Waals surface area contributed by atoms with Crippen molar-refractivity contribution in [3.63, 3.8) is 0 Å². The van der Waals surface area contributed by atoms with E-state index in [2.05, 4.69) is 33.2 Å². The lowest BCUT2D eigenvalue weighted by Crippen LogP contribution is -2.53. The minimum atomic E-state index is -1.11. The van der Waals surface area contributed by atoms with Crippen molar-refractivity contribution in [2.45, 2.75) is 39.3 Å². The number of carboxylic acid groups (broad SMARTS) is 1. The van der Waals surface area contributed by atoms with Gasteiger partial charge in [0.1, 0.15) is 12.1 Å². The quantitative estimate of drug-likeness (QED) is 0.570. The van der Waals surface area contributed by atoms with Crippen LogP contribution >= 0.6 is 22.6 Å². The first-order chi connectivity index (χ1) is 10.7. The highest BCUT2D eigenvalue weighted by molar-refractivity contribution is 14.1. The molecule has 0 aliphatic rings. The molecule has 2 atom stereocenters. The highest BCUT2D eigenvalue weighted by Crippen LogP contribution is 2.10. The Morgan fingerprint density at radius 3 is 2.13 bits per heavy atom. The number of hydrogen-bond acceptors (Lipinski definition) is 3. The van der Waals surface area contributed by atoms with E-state index in [0.29, 0.717) is 0 Å². The minimum Gasteiger partial charge on any atom is -0.480 e. The average Bonchev–Trinajstić information content (AvgIpc) is 2.45. The number of carbonyl (C=O) groups is 3. The van der Waals surface area contributed by atoms with Gasteiger partial charge in [-0.3, -0.25) is 9.59 Å². The lowest BCUT2D eigenvalue weighted by atomic mass is 10.0. The zero-order valence-corrected chi connectivity index (χ0v) is 15.5. The van der Waals surface area contributed by atoms with Crippen molar-refractivity contribution in [3.05, 3.63) is 33.4 Å². The zero-order chi connectivity index (χ0) is 17.6. The van der Waals surface area contributed by atoms with Gasteiger partial charge in [-0.15, -0.1) is 0 Å². The number of hydrogen-bond donors (Lipinski definition) is 3. The maximum absolute atomic E-state index is 12.3. The van der Waals surface area contributed by atoms with Crippen molar-refractivity contribution in [2.75, 3.05) is 0 Å². The van der Waals surface area contributed by atoms with Crippen LogP contribution in [0.15, 0.2) is 24.3 Å². The first-order valence-corrected chi connectivity index (χ1v) is 8.33. The Bertz CT molecular complexity index is 572. The Kier molecular flexibility index (Phi) is 7.47. The highest BCUT2D eigenvalue weighted by atomic mass is 127. The fourth-order valence-corrected chi connectivity index (χ4v) is 2.43. The van der Waals surface area contributed by atoms with Crippen LogP contribution in [0.1, 0.15) is 26.3 Å². The topological polar surface area (TPSA) is 95.5 Å². The summed E-state index contributed by atoms with van der Waals surface area (Å²) < 4.78 is 1.05. The molecule has 1 aromatic carbocycles. The number of halogens is 1. The SMILES string of the molecule is CC(=O)N[C@@H](C(=O)N[C@H](Cc1ccc(I)cc1)C(=O)O)C(C)C. The first-order valence-electron chi connectivity index (χ1n) is 7.25. The average molecular weight is 432 g/mol. The normalized spacial score (nSPS) is 13.3. The van der Waals surface area contributed by atoms with Crippen molar-refractivity contribution in [1.29, 1.82) is 0 Å². The van der Waals surface area contributed by atoms with E-state index in [1.807, 2.05) is 24.3 Å². The summed E-state index contributed by atoms with van der Waals surface area (Å²) in [5.41, 5.74) is 0.818. The largest absolute Gasteiger partial charge is 0.480 e. The standard InChI is InChI=1S/C16H21IN2O4/c1-9(2)14(18-10(3)20)15(21)19-13(16(22)23)8-11-4-6-12(17)7-5-11/h4-7,9,13-14H,8H2,1-3H3,(H,18,20)(H,19,21)(H,22,23)/t13-,14-/m1/s1. The number of amides is 2. The van der Waals surface area contributed by atoms with Crippen LogP contribution in [0.4, 0.5) is 0 Å². The molecule has 126 valence electrons. The van der Waals surface area contributed by atoms with Gasteiger partial charge in [-0.2, -0.15) is 0 Å². The predicted octanol–water partition coefficient (Wildman–Crippen LogP) is 1.56. The molecule has 1 aromatic rings. The second-order valence-electron chi connectivity index (χ2n) is 5.65. The molecule has 6 nitrogen and oxygen atoms in total. The first kappa shape index (κ1) is 19.4. The summed E-state index contributed by atoms with van der Waals surface area (Å²) in [7, 11) is 0. The lowest BCUT2D eigenvalue weighted by Gasteiger charge is -2.23. The van der Waals surface area contributed by atoms with Crippen LogP contribution in [0.5, 0.6) is 0 Å². The molecule has 0 aliphatic carbocycles. The molecule has 0 bridgehead atoms. The fraction of sp³-hybridized carbons (Fsp3) is 0.438. The van der Waals surface area contributed by atoms with E-state index in [0.717, 1.165) is 9.13 Å². The summed E-state index contributed by atoms with van der Waals surface area (Å²) in [6, 6.07) is 5.62. The van der Waals surface area contributed by atoms with Crippen LogP contribution in [0.25, 0.3) is 0 Å². The summed E-state index contributed by atoms with van der Waals surface area (Å²) in [6.07, 6.45) is 0.183. The number of aliphatic carboxylic acids is 1. The van der Waals surface area contributed by atoms with Gasteiger partial charge in [0.25, 0.3) is 0 Å². The number of benzene rings is 1.